The predicted molar refractivity (Wildman–Crippen MR) is 149 cm³/mol. The van der Waals surface area contributed by atoms with E-state index >= 15 is 0 Å². The Morgan fingerprint density at radius 2 is 1.85 bits per heavy atom. The summed E-state index contributed by atoms with van der Waals surface area (Å²) >= 11 is 0. The Bertz CT molecular complexity index is 1390. The van der Waals surface area contributed by atoms with Crippen LogP contribution in [0.3, 0.4) is 0 Å². The third-order valence-electron chi connectivity index (χ3n) is 7.94. The van der Waals surface area contributed by atoms with Crippen LogP contribution in [0.15, 0.2) is 30.3 Å². The van der Waals surface area contributed by atoms with Gasteiger partial charge in [-0.3, -0.25) is 9.52 Å². The number of rotatable bonds is 8. The first-order valence-corrected chi connectivity index (χ1v) is 15.3. The SMILES string of the molecule is C[C@@H]1CN(c2cc(C(F)(F)F)cc(NC(=O)c3ccc(NS(=O)(=O)CCO)cc3N3CCC4(CC3)CC4)n2)CCO1. The number of carbonyl (C=O) groups is 1. The van der Waals surface area contributed by atoms with E-state index in [9.17, 15) is 26.4 Å². The van der Waals surface area contributed by atoms with E-state index in [0.717, 1.165) is 25.0 Å². The zero-order chi connectivity index (χ0) is 29.4. The van der Waals surface area contributed by atoms with Crippen LogP contribution in [-0.2, 0) is 20.9 Å². The molecule has 0 radical (unpaired) electrons. The average Bonchev–Trinajstić information content (AvgIpc) is 3.66. The van der Waals surface area contributed by atoms with E-state index in [-0.39, 0.29) is 29.0 Å². The van der Waals surface area contributed by atoms with Gasteiger partial charge < -0.3 is 25.0 Å². The molecule has 0 bridgehead atoms. The lowest BCUT2D eigenvalue weighted by Gasteiger charge is -2.35. The molecule has 1 saturated carbocycles. The summed E-state index contributed by atoms with van der Waals surface area (Å²) in [5, 5.41) is 11.6. The third kappa shape index (κ3) is 7.04. The first kappa shape index (κ1) is 29.4. The summed E-state index contributed by atoms with van der Waals surface area (Å²) in [6, 6.07) is 6.18. The number of ether oxygens (including phenoxy) is 1. The van der Waals surface area contributed by atoms with E-state index in [1.807, 2.05) is 11.8 Å². The van der Waals surface area contributed by atoms with Crippen LogP contribution < -0.4 is 19.8 Å². The van der Waals surface area contributed by atoms with Crippen LogP contribution in [0.4, 0.5) is 36.2 Å². The number of carbonyl (C=O) groups excluding carboxylic acids is 1. The van der Waals surface area contributed by atoms with Crippen molar-refractivity contribution >= 4 is 38.9 Å². The molecule has 10 nitrogen and oxygen atoms in total. The van der Waals surface area contributed by atoms with Crippen molar-refractivity contribution in [1.29, 1.82) is 0 Å². The molecule has 5 rings (SSSR count). The number of aromatic nitrogens is 1. The first-order chi connectivity index (χ1) is 19.4. The highest BCUT2D eigenvalue weighted by atomic mass is 32.2. The number of aliphatic hydroxyl groups excluding tert-OH is 1. The van der Waals surface area contributed by atoms with Gasteiger partial charge in [0.25, 0.3) is 5.91 Å². The van der Waals surface area contributed by atoms with Crippen molar-refractivity contribution in [2.45, 2.75) is 44.9 Å². The van der Waals surface area contributed by atoms with Gasteiger partial charge in [0.1, 0.15) is 11.6 Å². The number of amides is 1. The summed E-state index contributed by atoms with van der Waals surface area (Å²) in [5.74, 6) is -1.30. The molecule has 3 aliphatic rings. The number of sulfonamides is 1. The molecule has 3 N–H and O–H groups in total. The predicted octanol–water partition coefficient (Wildman–Crippen LogP) is 3.69. The Hall–Kier alpha value is -3.10. The lowest BCUT2D eigenvalue weighted by atomic mass is 9.93. The van der Waals surface area contributed by atoms with Crippen molar-refractivity contribution in [3.8, 4) is 0 Å². The molecule has 2 aromatic rings. The van der Waals surface area contributed by atoms with Gasteiger partial charge in [0.2, 0.25) is 10.0 Å². The second-order valence-corrected chi connectivity index (χ2v) is 12.9. The van der Waals surface area contributed by atoms with E-state index in [2.05, 4.69) is 15.0 Å². The second kappa shape index (κ2) is 11.3. The summed E-state index contributed by atoms with van der Waals surface area (Å²) in [6.45, 7) is 3.66. The van der Waals surface area contributed by atoms with E-state index in [1.165, 1.54) is 25.0 Å². The zero-order valence-corrected chi connectivity index (χ0v) is 23.5. The van der Waals surface area contributed by atoms with Crippen LogP contribution >= 0.6 is 0 Å². The molecule has 224 valence electrons. The van der Waals surface area contributed by atoms with Crippen molar-refractivity contribution in [1.82, 2.24) is 4.98 Å². The van der Waals surface area contributed by atoms with Crippen molar-refractivity contribution in [3.63, 3.8) is 0 Å². The highest BCUT2D eigenvalue weighted by Gasteiger charge is 2.44. The third-order valence-corrected chi connectivity index (χ3v) is 9.21. The molecule has 0 unspecified atom stereocenters. The Morgan fingerprint density at radius 1 is 1.12 bits per heavy atom. The number of nitrogens with zero attached hydrogens (tertiary/aromatic N) is 3. The smallest absolute Gasteiger partial charge is 0.395 e. The highest BCUT2D eigenvalue weighted by molar-refractivity contribution is 7.92. The van der Waals surface area contributed by atoms with Crippen LogP contribution in [0, 0.1) is 5.41 Å². The van der Waals surface area contributed by atoms with Crippen LogP contribution in [-0.4, -0.2) is 75.7 Å². The van der Waals surface area contributed by atoms with Crippen LogP contribution in [0.1, 0.15) is 48.5 Å². The average molecular weight is 598 g/mol. The molecule has 1 amide bonds. The summed E-state index contributed by atoms with van der Waals surface area (Å²) < 4.78 is 73.8. The Labute approximate surface area is 236 Å². The molecule has 1 aromatic carbocycles. The lowest BCUT2D eigenvalue weighted by molar-refractivity contribution is -0.137. The standard InChI is InChI=1S/C27H34F3N5O5S/c1-18-17-35(10-12-40-18)24-15-19(27(28,29)30)14-23(31-24)32-25(37)21-3-2-20(33-41(38,39)13-11-36)16-22(21)34-8-6-26(4-5-26)7-9-34/h2-3,14-16,18,33,36H,4-13,17H2,1H3,(H,31,32,37)/t18-/m1/s1. The fraction of sp³-hybridized carbons (Fsp3) is 0.556. The molecule has 1 atom stereocenters. The number of nitrogens with one attached hydrogen (secondary N) is 2. The molecule has 2 saturated heterocycles. The van der Waals surface area contributed by atoms with Crippen molar-refractivity contribution in [2.24, 2.45) is 5.41 Å². The van der Waals surface area contributed by atoms with Gasteiger partial charge in [-0.05, 0) is 68.4 Å². The Morgan fingerprint density at radius 3 is 2.49 bits per heavy atom. The summed E-state index contributed by atoms with van der Waals surface area (Å²) in [5.41, 5.74) is 0.280. The van der Waals surface area contributed by atoms with Crippen molar-refractivity contribution in [3.05, 3.63) is 41.5 Å². The molecular weight excluding hydrogens is 563 g/mol. The maximum absolute atomic E-state index is 13.8. The van der Waals surface area contributed by atoms with Crippen LogP contribution in [0.25, 0.3) is 0 Å². The maximum Gasteiger partial charge on any atom is 0.416 e. The zero-order valence-electron chi connectivity index (χ0n) is 22.7. The number of morpholine rings is 1. The maximum atomic E-state index is 13.8. The minimum absolute atomic E-state index is 0.0879. The van der Waals surface area contributed by atoms with Gasteiger partial charge >= 0.3 is 6.18 Å². The highest BCUT2D eigenvalue weighted by Crippen LogP contribution is 2.54. The quantitative estimate of drug-likeness (QED) is 0.421. The van der Waals surface area contributed by atoms with Gasteiger partial charge in [-0.2, -0.15) is 13.2 Å². The number of alkyl halides is 3. The Balaban J connectivity index is 1.45. The molecule has 3 fully saturated rings. The summed E-state index contributed by atoms with van der Waals surface area (Å²) in [7, 11) is -3.81. The monoisotopic (exact) mass is 597 g/mol. The van der Waals surface area contributed by atoms with Gasteiger partial charge in [-0.1, -0.05) is 0 Å². The largest absolute Gasteiger partial charge is 0.416 e. The van der Waals surface area contributed by atoms with Crippen LogP contribution in [0.5, 0.6) is 0 Å². The number of anilines is 4. The van der Waals surface area contributed by atoms with Crippen molar-refractivity contribution < 1.29 is 36.2 Å². The molecule has 1 aromatic heterocycles. The lowest BCUT2D eigenvalue weighted by Crippen LogP contribution is -2.41. The van der Waals surface area contributed by atoms with Crippen LogP contribution in [0.2, 0.25) is 0 Å². The van der Waals surface area contributed by atoms with E-state index < -0.39 is 40.0 Å². The van der Waals surface area contributed by atoms with E-state index in [1.54, 1.807) is 11.0 Å². The van der Waals surface area contributed by atoms with Gasteiger partial charge in [-0.15, -0.1) is 0 Å². The molecule has 1 spiro atoms. The molecule has 14 heteroatoms. The molecule has 3 heterocycles. The topological polar surface area (TPSA) is 124 Å². The van der Waals surface area contributed by atoms with Crippen molar-refractivity contribution in [2.75, 3.05) is 65.0 Å². The first-order valence-electron chi connectivity index (χ1n) is 13.6. The number of halogens is 3. The van der Waals surface area contributed by atoms with E-state index in [0.29, 0.717) is 43.9 Å². The fourth-order valence-electron chi connectivity index (χ4n) is 5.41. The van der Waals surface area contributed by atoms with Gasteiger partial charge in [0.15, 0.2) is 0 Å². The second-order valence-electron chi connectivity index (χ2n) is 11.0. The minimum Gasteiger partial charge on any atom is -0.395 e. The molecule has 1 aliphatic carbocycles. The number of pyridine rings is 1. The fourth-order valence-corrected chi connectivity index (χ4v) is 6.24. The normalized spacial score (nSPS) is 20.7. The number of benzene rings is 1. The number of hydrogen-bond acceptors (Lipinski definition) is 8. The van der Waals surface area contributed by atoms with E-state index in [4.69, 9.17) is 9.84 Å². The Kier molecular flexibility index (Phi) is 8.09. The van der Waals surface area contributed by atoms with Gasteiger partial charge in [0, 0.05) is 26.2 Å². The van der Waals surface area contributed by atoms with Gasteiger partial charge in [-0.25, -0.2) is 13.4 Å². The number of piperidine rings is 1. The number of aliphatic hydroxyl groups is 1. The molecule has 2 aliphatic heterocycles. The molecular formula is C27H34F3N5O5S. The number of hydrogen-bond donors (Lipinski definition) is 3. The summed E-state index contributed by atoms with van der Waals surface area (Å²) in [4.78, 5) is 21.6. The summed E-state index contributed by atoms with van der Waals surface area (Å²) in [6.07, 6.45) is -0.634. The van der Waals surface area contributed by atoms with Gasteiger partial charge in [0.05, 0.1) is 47.6 Å². The molecule has 41 heavy (non-hydrogen) atoms. The minimum atomic E-state index is -4.65.